The Kier molecular flexibility index (Phi) is 5.05. The van der Waals surface area contributed by atoms with Crippen LogP contribution in [-0.2, 0) is 0 Å². The highest BCUT2D eigenvalue weighted by atomic mass is 79.9. The van der Waals surface area contributed by atoms with Gasteiger partial charge in [-0.25, -0.2) is 8.78 Å². The molecule has 1 aromatic carbocycles. The maximum absolute atomic E-state index is 13.3. The number of carbonyl (C=O) groups is 1. The molecule has 0 fully saturated rings. The van der Waals surface area contributed by atoms with Gasteiger partial charge in [0, 0.05) is 11.6 Å². The van der Waals surface area contributed by atoms with Gasteiger partial charge in [-0.3, -0.25) is 4.79 Å². The Morgan fingerprint density at radius 3 is 2.14 bits per heavy atom. The van der Waals surface area contributed by atoms with Crippen LogP contribution in [0.25, 0.3) is 0 Å². The Bertz CT molecular complexity index is 692. The molecular formula is C12H4Br2F4O2S. The number of halogens is 6. The van der Waals surface area contributed by atoms with Gasteiger partial charge in [0.2, 0.25) is 17.4 Å². The average Bonchev–Trinajstić information content (AvgIpc) is 2.75. The first-order chi connectivity index (χ1) is 9.81. The molecule has 0 aliphatic carbocycles. The summed E-state index contributed by atoms with van der Waals surface area (Å²) < 4.78 is 58.4. The van der Waals surface area contributed by atoms with Crippen LogP contribution < -0.4 is 4.74 Å². The van der Waals surface area contributed by atoms with Gasteiger partial charge in [-0.15, -0.1) is 11.3 Å². The third kappa shape index (κ3) is 3.46. The monoisotopic (exact) mass is 446 g/mol. The predicted octanol–water partition coefficient (Wildman–Crippen LogP) is 5.09. The molecule has 2 rings (SSSR count). The molecule has 0 N–H and O–H groups in total. The molecule has 0 atom stereocenters. The van der Waals surface area contributed by atoms with Crippen LogP contribution in [0.1, 0.15) is 10.4 Å². The van der Waals surface area contributed by atoms with Crippen molar-refractivity contribution in [2.24, 2.45) is 0 Å². The fourth-order valence-electron chi connectivity index (χ4n) is 1.42. The molecule has 0 unspecified atom stereocenters. The fourth-order valence-corrected chi connectivity index (χ4v) is 4.28. The van der Waals surface area contributed by atoms with Crippen molar-refractivity contribution in [2.45, 2.75) is 0 Å². The van der Waals surface area contributed by atoms with Gasteiger partial charge >= 0.3 is 0 Å². The summed E-state index contributed by atoms with van der Waals surface area (Å²) in [5.74, 6) is -8.44. The summed E-state index contributed by atoms with van der Waals surface area (Å²) in [6, 6.07) is 1.55. The van der Waals surface area contributed by atoms with Crippen LogP contribution in [-0.4, -0.2) is 12.4 Å². The zero-order chi connectivity index (χ0) is 15.7. The lowest BCUT2D eigenvalue weighted by atomic mass is 10.2. The molecule has 1 aromatic heterocycles. The van der Waals surface area contributed by atoms with Crippen molar-refractivity contribution in [3.63, 3.8) is 0 Å². The zero-order valence-electron chi connectivity index (χ0n) is 9.85. The van der Waals surface area contributed by atoms with E-state index in [2.05, 4.69) is 36.6 Å². The van der Waals surface area contributed by atoms with E-state index in [-0.39, 0.29) is 11.6 Å². The first-order valence-corrected chi connectivity index (χ1v) is 7.65. The van der Waals surface area contributed by atoms with Crippen molar-refractivity contribution in [3.05, 3.63) is 48.5 Å². The molecule has 112 valence electrons. The van der Waals surface area contributed by atoms with Crippen LogP contribution in [0, 0.1) is 23.3 Å². The molecule has 0 aliphatic rings. The molecule has 9 heteroatoms. The first-order valence-electron chi connectivity index (χ1n) is 5.25. The van der Waals surface area contributed by atoms with Gasteiger partial charge < -0.3 is 4.74 Å². The quantitative estimate of drug-likeness (QED) is 0.370. The van der Waals surface area contributed by atoms with Gasteiger partial charge in [-0.1, -0.05) is 0 Å². The molecule has 0 amide bonds. The van der Waals surface area contributed by atoms with E-state index in [1.165, 1.54) is 17.4 Å². The minimum atomic E-state index is -1.69. The zero-order valence-corrected chi connectivity index (χ0v) is 13.8. The van der Waals surface area contributed by atoms with E-state index in [1.54, 1.807) is 0 Å². The lowest BCUT2D eigenvalue weighted by Gasteiger charge is -2.08. The number of rotatable bonds is 4. The standard InChI is InChI=1S/C12H4Br2F4O2S/c13-8-1-4(12(14)21-8)7(19)3-20-11-9(17)5(15)2-6(16)10(11)18/h1-2H,3H2. The molecule has 2 aromatic rings. The second-order valence-electron chi connectivity index (χ2n) is 3.75. The maximum Gasteiger partial charge on any atom is 0.203 e. The molecule has 0 saturated heterocycles. The van der Waals surface area contributed by atoms with E-state index in [4.69, 9.17) is 0 Å². The van der Waals surface area contributed by atoms with E-state index < -0.39 is 41.4 Å². The number of carbonyl (C=O) groups excluding carboxylic acids is 1. The van der Waals surface area contributed by atoms with E-state index in [0.717, 1.165) is 0 Å². The maximum atomic E-state index is 13.3. The summed E-state index contributed by atoms with van der Waals surface area (Å²) in [6.07, 6.45) is 0. The van der Waals surface area contributed by atoms with Crippen molar-refractivity contribution in [3.8, 4) is 5.75 Å². The van der Waals surface area contributed by atoms with Gasteiger partial charge in [0.05, 0.1) is 7.57 Å². The van der Waals surface area contributed by atoms with Gasteiger partial charge in [0.1, 0.15) is 0 Å². The van der Waals surface area contributed by atoms with E-state index >= 15 is 0 Å². The van der Waals surface area contributed by atoms with Crippen LogP contribution in [0.2, 0.25) is 0 Å². The largest absolute Gasteiger partial charge is 0.479 e. The first kappa shape index (κ1) is 16.4. The number of ketones is 1. The Labute approximate surface area is 137 Å². The van der Waals surface area contributed by atoms with Crippen molar-refractivity contribution in [1.29, 1.82) is 0 Å². The molecule has 21 heavy (non-hydrogen) atoms. The number of hydrogen-bond donors (Lipinski definition) is 0. The fraction of sp³-hybridized carbons (Fsp3) is 0.0833. The number of benzene rings is 1. The minimum absolute atomic E-state index is 0.0614. The lowest BCUT2D eigenvalue weighted by molar-refractivity contribution is 0.0913. The van der Waals surface area contributed by atoms with E-state index in [1.807, 2.05) is 0 Å². The van der Waals surface area contributed by atoms with E-state index in [9.17, 15) is 22.4 Å². The molecular weight excluding hydrogens is 444 g/mol. The summed E-state index contributed by atoms with van der Waals surface area (Å²) in [6.45, 7) is -0.765. The number of thiophene rings is 1. The SMILES string of the molecule is O=C(COc1c(F)c(F)cc(F)c1F)c1cc(Br)sc1Br. The highest BCUT2D eigenvalue weighted by molar-refractivity contribution is 9.12. The van der Waals surface area contributed by atoms with Gasteiger partial charge in [0.15, 0.2) is 24.0 Å². The summed E-state index contributed by atoms with van der Waals surface area (Å²) in [5, 5.41) is 0. The molecule has 0 aliphatic heterocycles. The summed E-state index contributed by atoms with van der Waals surface area (Å²) in [5.41, 5.74) is 0.226. The molecule has 2 nitrogen and oxygen atoms in total. The summed E-state index contributed by atoms with van der Waals surface area (Å²) >= 11 is 7.53. The predicted molar refractivity (Wildman–Crippen MR) is 75.8 cm³/mol. The topological polar surface area (TPSA) is 26.3 Å². The van der Waals surface area contributed by atoms with E-state index in [0.29, 0.717) is 7.57 Å². The lowest BCUT2D eigenvalue weighted by Crippen LogP contribution is -2.14. The second-order valence-corrected chi connectivity index (χ2v) is 7.50. The highest BCUT2D eigenvalue weighted by Crippen LogP contribution is 2.32. The highest BCUT2D eigenvalue weighted by Gasteiger charge is 2.22. The van der Waals surface area contributed by atoms with Crippen molar-refractivity contribution < 1.29 is 27.1 Å². The van der Waals surface area contributed by atoms with Crippen molar-refractivity contribution in [1.82, 2.24) is 0 Å². The third-order valence-electron chi connectivity index (χ3n) is 2.38. The van der Waals surface area contributed by atoms with Crippen LogP contribution >= 0.6 is 43.2 Å². The van der Waals surface area contributed by atoms with Crippen molar-refractivity contribution in [2.75, 3.05) is 6.61 Å². The Hall–Kier alpha value is -0.930. The molecule has 0 radical (unpaired) electrons. The van der Waals surface area contributed by atoms with Gasteiger partial charge in [-0.05, 0) is 37.9 Å². The van der Waals surface area contributed by atoms with Gasteiger partial charge in [-0.2, -0.15) is 8.78 Å². The molecule has 1 heterocycles. The molecule has 0 spiro atoms. The Morgan fingerprint density at radius 1 is 1.10 bits per heavy atom. The summed E-state index contributed by atoms with van der Waals surface area (Å²) in [7, 11) is 0. The smallest absolute Gasteiger partial charge is 0.203 e. The minimum Gasteiger partial charge on any atom is -0.479 e. The van der Waals surface area contributed by atoms with Crippen molar-refractivity contribution >= 4 is 49.0 Å². The van der Waals surface area contributed by atoms with Crippen LogP contribution in [0.4, 0.5) is 17.6 Å². The normalized spacial score (nSPS) is 10.8. The Balaban J connectivity index is 2.21. The van der Waals surface area contributed by atoms with Gasteiger partial charge in [0.25, 0.3) is 0 Å². The number of ether oxygens (including phenoxy) is 1. The molecule has 0 saturated carbocycles. The number of Topliss-reactive ketones (excluding diaryl/α,β-unsaturated/α-hetero) is 1. The molecule has 0 bridgehead atoms. The summed E-state index contributed by atoms with van der Waals surface area (Å²) in [4.78, 5) is 11.8. The Morgan fingerprint density at radius 2 is 1.67 bits per heavy atom. The average molecular weight is 448 g/mol. The van der Waals surface area contributed by atoms with Crippen LogP contribution in [0.15, 0.2) is 19.7 Å². The van der Waals surface area contributed by atoms with Crippen LogP contribution in [0.5, 0.6) is 5.75 Å². The third-order valence-corrected chi connectivity index (χ3v) is 4.72. The second kappa shape index (κ2) is 6.45. The number of hydrogen-bond acceptors (Lipinski definition) is 3. The van der Waals surface area contributed by atoms with Crippen LogP contribution in [0.3, 0.4) is 0 Å².